The summed E-state index contributed by atoms with van der Waals surface area (Å²) >= 11 is 1.84. The standard InChI is InChI=1S/C17H29N3O2S.HI/c1-17(2,23-5)13-20-16(18-3)19-12-14-6-8-15(9-7-14)22-11-10-21-4;/h6-9H,10-13H2,1-5H3,(H2,18,19,20);1H. The topological polar surface area (TPSA) is 54.9 Å². The predicted octanol–water partition coefficient (Wildman–Crippen LogP) is 3.14. The van der Waals surface area contributed by atoms with E-state index in [1.54, 1.807) is 14.2 Å². The van der Waals surface area contributed by atoms with E-state index in [1.165, 1.54) is 5.56 Å². The molecule has 1 aromatic rings. The number of ether oxygens (including phenoxy) is 2. The number of methoxy groups -OCH3 is 1. The van der Waals surface area contributed by atoms with Crippen molar-refractivity contribution in [1.29, 1.82) is 0 Å². The fourth-order valence-electron chi connectivity index (χ4n) is 1.72. The number of guanidine groups is 1. The molecule has 0 spiro atoms. The molecule has 0 amide bonds. The minimum atomic E-state index is 0. The summed E-state index contributed by atoms with van der Waals surface area (Å²) in [4.78, 5) is 4.25. The first-order chi connectivity index (χ1) is 11.0. The van der Waals surface area contributed by atoms with Gasteiger partial charge in [0, 0.05) is 32.0 Å². The van der Waals surface area contributed by atoms with E-state index in [2.05, 4.69) is 35.7 Å². The van der Waals surface area contributed by atoms with Gasteiger partial charge in [-0.15, -0.1) is 24.0 Å². The van der Waals surface area contributed by atoms with Crippen molar-refractivity contribution in [1.82, 2.24) is 10.6 Å². The van der Waals surface area contributed by atoms with E-state index < -0.39 is 0 Å². The number of hydrogen-bond acceptors (Lipinski definition) is 4. The van der Waals surface area contributed by atoms with Crippen LogP contribution in [-0.4, -0.2) is 50.9 Å². The molecule has 0 saturated heterocycles. The number of nitrogens with zero attached hydrogens (tertiary/aromatic N) is 1. The van der Waals surface area contributed by atoms with E-state index in [1.807, 2.05) is 36.0 Å². The van der Waals surface area contributed by atoms with Gasteiger partial charge in [-0.25, -0.2) is 0 Å². The molecule has 1 rings (SSSR count). The lowest BCUT2D eigenvalue weighted by Gasteiger charge is -2.23. The van der Waals surface area contributed by atoms with Crippen LogP contribution in [0.2, 0.25) is 0 Å². The number of aliphatic imine (C=N–C) groups is 1. The minimum Gasteiger partial charge on any atom is -0.491 e. The summed E-state index contributed by atoms with van der Waals surface area (Å²) in [6, 6.07) is 8.04. The lowest BCUT2D eigenvalue weighted by atomic mass is 10.2. The highest BCUT2D eigenvalue weighted by Crippen LogP contribution is 2.19. The molecule has 0 saturated carbocycles. The monoisotopic (exact) mass is 467 g/mol. The summed E-state index contributed by atoms with van der Waals surface area (Å²) in [5.74, 6) is 1.67. The second kappa shape index (κ2) is 12.7. The van der Waals surface area contributed by atoms with Gasteiger partial charge >= 0.3 is 0 Å². The summed E-state index contributed by atoms with van der Waals surface area (Å²) in [5.41, 5.74) is 1.18. The number of halogens is 1. The van der Waals surface area contributed by atoms with E-state index in [9.17, 15) is 0 Å². The Labute approximate surface area is 167 Å². The van der Waals surface area contributed by atoms with Crippen molar-refractivity contribution in [3.63, 3.8) is 0 Å². The fourth-order valence-corrected chi connectivity index (χ4v) is 1.94. The zero-order valence-corrected chi connectivity index (χ0v) is 18.4. The number of hydrogen-bond donors (Lipinski definition) is 2. The van der Waals surface area contributed by atoms with Crippen LogP contribution in [0.1, 0.15) is 19.4 Å². The third-order valence-corrected chi connectivity index (χ3v) is 4.65. The molecule has 2 N–H and O–H groups in total. The van der Waals surface area contributed by atoms with Crippen molar-refractivity contribution in [3.05, 3.63) is 29.8 Å². The molecule has 1 aromatic carbocycles. The fraction of sp³-hybridized carbons (Fsp3) is 0.588. The Hall–Kier alpha value is -0.670. The first-order valence-corrected chi connectivity index (χ1v) is 8.93. The van der Waals surface area contributed by atoms with E-state index in [0.717, 1.165) is 24.8 Å². The third-order valence-electron chi connectivity index (χ3n) is 3.40. The van der Waals surface area contributed by atoms with Gasteiger partial charge in [0.15, 0.2) is 5.96 Å². The minimum absolute atomic E-state index is 0. The summed E-state index contributed by atoms with van der Waals surface area (Å²) in [7, 11) is 3.45. The molecule has 0 aliphatic rings. The number of nitrogens with one attached hydrogen (secondary N) is 2. The van der Waals surface area contributed by atoms with Crippen LogP contribution in [0.3, 0.4) is 0 Å². The van der Waals surface area contributed by atoms with Gasteiger partial charge < -0.3 is 20.1 Å². The van der Waals surface area contributed by atoms with Crippen LogP contribution in [0.25, 0.3) is 0 Å². The number of rotatable bonds is 9. The summed E-state index contributed by atoms with van der Waals surface area (Å²) in [5, 5.41) is 6.68. The Morgan fingerprint density at radius 2 is 1.83 bits per heavy atom. The number of thioether (sulfide) groups is 1. The van der Waals surface area contributed by atoms with Crippen molar-refractivity contribution in [2.24, 2.45) is 4.99 Å². The van der Waals surface area contributed by atoms with Gasteiger partial charge in [-0.1, -0.05) is 12.1 Å². The highest BCUT2D eigenvalue weighted by atomic mass is 127. The third kappa shape index (κ3) is 9.58. The number of benzene rings is 1. The van der Waals surface area contributed by atoms with Crippen LogP contribution in [0.15, 0.2) is 29.3 Å². The SMILES string of the molecule is CN=C(NCc1ccc(OCCOC)cc1)NCC(C)(C)SC.I. The second-order valence-corrected chi connectivity index (χ2v) is 7.24. The molecule has 0 aliphatic heterocycles. The summed E-state index contributed by atoms with van der Waals surface area (Å²) < 4.78 is 10.7. The lowest BCUT2D eigenvalue weighted by molar-refractivity contribution is 0.146. The molecule has 0 aromatic heterocycles. The van der Waals surface area contributed by atoms with Crippen LogP contribution >= 0.6 is 35.7 Å². The van der Waals surface area contributed by atoms with Gasteiger partial charge in [-0.3, -0.25) is 4.99 Å². The molecule has 0 heterocycles. The maximum Gasteiger partial charge on any atom is 0.191 e. The normalized spacial score (nSPS) is 11.6. The first kappa shape index (κ1) is 23.3. The Morgan fingerprint density at radius 3 is 2.38 bits per heavy atom. The van der Waals surface area contributed by atoms with Gasteiger partial charge in [0.1, 0.15) is 12.4 Å². The van der Waals surface area contributed by atoms with Gasteiger partial charge in [0.2, 0.25) is 0 Å². The van der Waals surface area contributed by atoms with E-state index >= 15 is 0 Å². The highest BCUT2D eigenvalue weighted by Gasteiger charge is 2.15. The summed E-state index contributed by atoms with van der Waals surface area (Å²) in [6.07, 6.45) is 2.12. The van der Waals surface area contributed by atoms with E-state index in [0.29, 0.717) is 13.2 Å². The van der Waals surface area contributed by atoms with E-state index in [4.69, 9.17) is 9.47 Å². The second-order valence-electron chi connectivity index (χ2n) is 5.73. The maximum absolute atomic E-state index is 5.55. The molecule has 24 heavy (non-hydrogen) atoms. The highest BCUT2D eigenvalue weighted by molar-refractivity contribution is 14.0. The quantitative estimate of drug-likeness (QED) is 0.253. The van der Waals surface area contributed by atoms with Crippen LogP contribution in [0.4, 0.5) is 0 Å². The zero-order valence-electron chi connectivity index (χ0n) is 15.2. The summed E-state index contributed by atoms with van der Waals surface area (Å²) in [6.45, 7) is 7.16. The molecular weight excluding hydrogens is 437 g/mol. The largest absolute Gasteiger partial charge is 0.491 e. The van der Waals surface area contributed by atoms with Crippen LogP contribution in [-0.2, 0) is 11.3 Å². The average molecular weight is 467 g/mol. The predicted molar refractivity (Wildman–Crippen MR) is 115 cm³/mol. The van der Waals surface area contributed by atoms with E-state index in [-0.39, 0.29) is 28.7 Å². The molecule has 0 aliphatic carbocycles. The molecule has 138 valence electrons. The first-order valence-electron chi connectivity index (χ1n) is 7.71. The van der Waals surface area contributed by atoms with Crippen LogP contribution in [0, 0.1) is 0 Å². The molecule has 0 radical (unpaired) electrons. The molecule has 5 nitrogen and oxygen atoms in total. The van der Waals surface area contributed by atoms with Gasteiger partial charge in [0.25, 0.3) is 0 Å². The van der Waals surface area contributed by atoms with Crippen molar-refractivity contribution in [3.8, 4) is 5.75 Å². The molecule has 0 bridgehead atoms. The Bertz CT molecular complexity index is 481. The Balaban J connectivity index is 0.00000529. The molecule has 0 atom stereocenters. The van der Waals surface area contributed by atoms with Gasteiger partial charge in [-0.2, -0.15) is 11.8 Å². The zero-order chi connectivity index (χ0) is 17.1. The van der Waals surface area contributed by atoms with Crippen molar-refractivity contribution >= 4 is 41.7 Å². The lowest BCUT2D eigenvalue weighted by Crippen LogP contribution is -2.42. The van der Waals surface area contributed by atoms with Crippen molar-refractivity contribution in [2.75, 3.05) is 40.2 Å². The molecule has 7 heteroatoms. The van der Waals surface area contributed by atoms with Gasteiger partial charge in [-0.05, 0) is 37.8 Å². The molecule has 0 unspecified atom stereocenters. The smallest absolute Gasteiger partial charge is 0.191 e. The maximum atomic E-state index is 5.55. The van der Waals surface area contributed by atoms with Crippen molar-refractivity contribution in [2.45, 2.75) is 25.1 Å². The Morgan fingerprint density at radius 1 is 1.17 bits per heavy atom. The van der Waals surface area contributed by atoms with Gasteiger partial charge in [0.05, 0.1) is 6.61 Å². The Kier molecular flexibility index (Phi) is 12.3. The van der Waals surface area contributed by atoms with Crippen molar-refractivity contribution < 1.29 is 9.47 Å². The average Bonchev–Trinajstić information content (AvgIpc) is 2.56. The molecular formula is C17H30IN3O2S. The van der Waals surface area contributed by atoms with Crippen LogP contribution in [0.5, 0.6) is 5.75 Å². The van der Waals surface area contributed by atoms with Crippen LogP contribution < -0.4 is 15.4 Å². The molecule has 0 fully saturated rings.